The molecule has 0 unspecified atom stereocenters. The van der Waals surface area contributed by atoms with Crippen LogP contribution in [0.4, 0.5) is 0 Å². The molecule has 2 aromatic rings. The number of nitriles is 1. The second-order valence-electron chi connectivity index (χ2n) is 5.41. The molecule has 1 heterocycles. The number of nitrogens with zero attached hydrogens (tertiary/aromatic N) is 2. The molecule has 24 heavy (non-hydrogen) atoms. The Labute approximate surface area is 144 Å². The Morgan fingerprint density at radius 3 is 2.79 bits per heavy atom. The summed E-state index contributed by atoms with van der Waals surface area (Å²) >= 11 is 6.23. The van der Waals surface area contributed by atoms with Crippen molar-refractivity contribution in [3.05, 3.63) is 70.2 Å². The molecule has 2 aromatic carbocycles. The highest BCUT2D eigenvalue weighted by atomic mass is 35.5. The molecule has 1 aliphatic heterocycles. The van der Waals surface area contributed by atoms with Crippen LogP contribution < -0.4 is 5.32 Å². The number of hydrogen-bond donors (Lipinski definition) is 1. The summed E-state index contributed by atoms with van der Waals surface area (Å²) < 4.78 is 0. The maximum absolute atomic E-state index is 12.9. The van der Waals surface area contributed by atoms with Gasteiger partial charge in [-0.3, -0.25) is 9.59 Å². The van der Waals surface area contributed by atoms with Crippen LogP contribution in [-0.4, -0.2) is 29.8 Å². The van der Waals surface area contributed by atoms with Gasteiger partial charge in [0.15, 0.2) is 0 Å². The van der Waals surface area contributed by atoms with Gasteiger partial charge >= 0.3 is 0 Å². The van der Waals surface area contributed by atoms with E-state index in [4.69, 9.17) is 16.9 Å². The number of amides is 2. The molecule has 6 heteroatoms. The average Bonchev–Trinajstić information content (AvgIpc) is 2.62. The normalized spacial score (nSPS) is 17.1. The monoisotopic (exact) mass is 339 g/mol. The summed E-state index contributed by atoms with van der Waals surface area (Å²) in [4.78, 5) is 26.8. The van der Waals surface area contributed by atoms with Crippen LogP contribution in [0.25, 0.3) is 0 Å². The molecule has 3 rings (SSSR count). The molecule has 1 atom stereocenters. The Kier molecular flexibility index (Phi) is 4.50. The topological polar surface area (TPSA) is 73.2 Å². The van der Waals surface area contributed by atoms with Gasteiger partial charge in [-0.15, -0.1) is 0 Å². The van der Waals surface area contributed by atoms with E-state index in [1.165, 1.54) is 11.0 Å². The minimum absolute atomic E-state index is 0.265. The standard InChI is InChI=1S/C18H14ClN3O2/c19-15-7-2-1-6-14(15)16-17(23)21-8-9-22(16)18(24)13-5-3-4-12(10-13)11-20/h1-7,10,16H,8-9H2,(H,21,23)/t16-/m0/s1. The minimum Gasteiger partial charge on any atom is -0.352 e. The van der Waals surface area contributed by atoms with Crippen molar-refractivity contribution in [1.29, 1.82) is 5.26 Å². The molecule has 0 radical (unpaired) electrons. The molecule has 0 aliphatic carbocycles. The van der Waals surface area contributed by atoms with Gasteiger partial charge in [-0.05, 0) is 24.3 Å². The third-order valence-electron chi connectivity index (χ3n) is 3.91. The van der Waals surface area contributed by atoms with Gasteiger partial charge in [-0.2, -0.15) is 5.26 Å². The van der Waals surface area contributed by atoms with E-state index in [0.29, 0.717) is 34.8 Å². The number of benzene rings is 2. The van der Waals surface area contributed by atoms with Gasteiger partial charge in [0, 0.05) is 29.2 Å². The first-order valence-corrected chi connectivity index (χ1v) is 7.83. The Morgan fingerprint density at radius 1 is 1.25 bits per heavy atom. The molecule has 1 aliphatic rings. The lowest BCUT2D eigenvalue weighted by Crippen LogP contribution is -2.52. The molecule has 0 saturated carbocycles. The van der Waals surface area contributed by atoms with Gasteiger partial charge in [0.2, 0.25) is 5.91 Å². The summed E-state index contributed by atoms with van der Waals surface area (Å²) in [6.45, 7) is 0.751. The van der Waals surface area contributed by atoms with E-state index in [1.807, 2.05) is 6.07 Å². The van der Waals surface area contributed by atoms with Gasteiger partial charge < -0.3 is 10.2 Å². The van der Waals surface area contributed by atoms with Gasteiger partial charge in [0.25, 0.3) is 5.91 Å². The van der Waals surface area contributed by atoms with Crippen molar-refractivity contribution in [2.45, 2.75) is 6.04 Å². The van der Waals surface area contributed by atoms with E-state index < -0.39 is 6.04 Å². The molecule has 1 saturated heterocycles. The van der Waals surface area contributed by atoms with E-state index in [1.54, 1.807) is 42.5 Å². The van der Waals surface area contributed by atoms with Crippen LogP contribution in [0.5, 0.6) is 0 Å². The fourth-order valence-electron chi connectivity index (χ4n) is 2.78. The summed E-state index contributed by atoms with van der Waals surface area (Å²) in [5.41, 5.74) is 1.36. The summed E-state index contributed by atoms with van der Waals surface area (Å²) in [7, 11) is 0. The molecule has 0 bridgehead atoms. The Bertz CT molecular complexity index is 844. The summed E-state index contributed by atoms with van der Waals surface area (Å²) in [6.07, 6.45) is 0. The van der Waals surface area contributed by atoms with Gasteiger partial charge in [-0.25, -0.2) is 0 Å². The molecule has 1 N–H and O–H groups in total. The summed E-state index contributed by atoms with van der Waals surface area (Å²) in [5, 5.41) is 12.2. The van der Waals surface area contributed by atoms with Crippen molar-refractivity contribution < 1.29 is 9.59 Å². The first-order valence-electron chi connectivity index (χ1n) is 7.45. The smallest absolute Gasteiger partial charge is 0.254 e. The van der Waals surface area contributed by atoms with Crippen LogP contribution in [-0.2, 0) is 4.79 Å². The van der Waals surface area contributed by atoms with E-state index in [-0.39, 0.29) is 11.8 Å². The van der Waals surface area contributed by atoms with Crippen LogP contribution in [0.3, 0.4) is 0 Å². The zero-order chi connectivity index (χ0) is 17.1. The predicted octanol–water partition coefficient (Wildman–Crippen LogP) is 2.52. The van der Waals surface area contributed by atoms with Crippen molar-refractivity contribution in [1.82, 2.24) is 10.2 Å². The second-order valence-corrected chi connectivity index (χ2v) is 5.81. The van der Waals surface area contributed by atoms with Crippen LogP contribution in [0.1, 0.15) is 27.5 Å². The first kappa shape index (κ1) is 16.0. The zero-order valence-electron chi connectivity index (χ0n) is 12.7. The molecular weight excluding hydrogens is 326 g/mol. The highest BCUT2D eigenvalue weighted by molar-refractivity contribution is 6.31. The number of piperazine rings is 1. The zero-order valence-corrected chi connectivity index (χ0v) is 13.5. The lowest BCUT2D eigenvalue weighted by molar-refractivity contribution is -0.128. The highest BCUT2D eigenvalue weighted by Crippen LogP contribution is 2.30. The van der Waals surface area contributed by atoms with Crippen LogP contribution in [0, 0.1) is 11.3 Å². The molecular formula is C18H14ClN3O2. The molecule has 0 spiro atoms. The number of carbonyl (C=O) groups is 2. The van der Waals surface area contributed by atoms with Crippen molar-refractivity contribution in [3.8, 4) is 6.07 Å². The lowest BCUT2D eigenvalue weighted by Gasteiger charge is -2.35. The van der Waals surface area contributed by atoms with E-state index >= 15 is 0 Å². The Hall–Kier alpha value is -2.84. The Morgan fingerprint density at radius 2 is 2.04 bits per heavy atom. The second kappa shape index (κ2) is 6.73. The molecule has 120 valence electrons. The van der Waals surface area contributed by atoms with E-state index in [2.05, 4.69) is 5.32 Å². The number of rotatable bonds is 2. The SMILES string of the molecule is N#Cc1cccc(C(=O)N2CCNC(=O)[C@@H]2c2ccccc2Cl)c1. The van der Waals surface area contributed by atoms with Crippen LogP contribution in [0.15, 0.2) is 48.5 Å². The molecule has 0 aromatic heterocycles. The summed E-state index contributed by atoms with van der Waals surface area (Å²) in [6, 6.07) is 14.7. The van der Waals surface area contributed by atoms with E-state index in [0.717, 1.165) is 0 Å². The van der Waals surface area contributed by atoms with Gasteiger partial charge in [0.05, 0.1) is 11.6 Å². The minimum atomic E-state index is -0.786. The maximum Gasteiger partial charge on any atom is 0.254 e. The number of halogens is 1. The number of nitrogens with one attached hydrogen (secondary N) is 1. The third kappa shape index (κ3) is 2.97. The lowest BCUT2D eigenvalue weighted by atomic mass is 10.0. The third-order valence-corrected chi connectivity index (χ3v) is 4.26. The molecule has 1 fully saturated rings. The van der Waals surface area contributed by atoms with Crippen molar-refractivity contribution in [3.63, 3.8) is 0 Å². The maximum atomic E-state index is 12.9. The molecule has 5 nitrogen and oxygen atoms in total. The first-order chi connectivity index (χ1) is 11.6. The molecule has 2 amide bonds. The van der Waals surface area contributed by atoms with E-state index in [9.17, 15) is 9.59 Å². The van der Waals surface area contributed by atoms with Crippen molar-refractivity contribution in [2.75, 3.05) is 13.1 Å². The fraction of sp³-hybridized carbons (Fsp3) is 0.167. The summed E-state index contributed by atoms with van der Waals surface area (Å²) in [5.74, 6) is -0.564. The van der Waals surface area contributed by atoms with Gasteiger partial charge in [0.1, 0.15) is 6.04 Å². The number of carbonyl (C=O) groups excluding carboxylic acids is 2. The quantitative estimate of drug-likeness (QED) is 0.913. The Balaban J connectivity index is 2.00. The largest absolute Gasteiger partial charge is 0.352 e. The van der Waals surface area contributed by atoms with Crippen molar-refractivity contribution >= 4 is 23.4 Å². The highest BCUT2D eigenvalue weighted by Gasteiger charge is 2.35. The fourth-order valence-corrected chi connectivity index (χ4v) is 3.02. The van der Waals surface area contributed by atoms with Gasteiger partial charge in [-0.1, -0.05) is 35.9 Å². The van der Waals surface area contributed by atoms with Crippen LogP contribution >= 0.6 is 11.6 Å². The van der Waals surface area contributed by atoms with Crippen molar-refractivity contribution in [2.24, 2.45) is 0 Å². The van der Waals surface area contributed by atoms with Crippen LogP contribution in [0.2, 0.25) is 5.02 Å². The number of hydrogen-bond acceptors (Lipinski definition) is 3. The average molecular weight is 340 g/mol. The predicted molar refractivity (Wildman–Crippen MR) is 89.4 cm³/mol.